The lowest BCUT2D eigenvalue weighted by molar-refractivity contribution is -0.178. The number of benzene rings is 2. The van der Waals surface area contributed by atoms with Crippen molar-refractivity contribution in [2.24, 2.45) is 11.8 Å². The van der Waals surface area contributed by atoms with Crippen LogP contribution in [0.25, 0.3) is 0 Å². The quantitative estimate of drug-likeness (QED) is 0.189. The molecule has 0 radical (unpaired) electrons. The minimum atomic E-state index is -4.99. The van der Waals surface area contributed by atoms with Gasteiger partial charge < -0.3 is 30.9 Å². The third-order valence-corrected chi connectivity index (χ3v) is 6.72. The lowest BCUT2D eigenvalue weighted by Gasteiger charge is -2.32. The number of nitrogens with one attached hydrogen (secondary N) is 3. The lowest BCUT2D eigenvalue weighted by Crippen LogP contribution is -2.54. The molecule has 2 aromatic rings. The number of aliphatic hydroxyl groups is 2. The fourth-order valence-corrected chi connectivity index (χ4v) is 4.18. The Morgan fingerprint density at radius 2 is 1.50 bits per heavy atom. The Morgan fingerprint density at radius 3 is 2.00 bits per heavy atom. The molecule has 2 rings (SSSR count). The van der Waals surface area contributed by atoms with Crippen molar-refractivity contribution in [3.05, 3.63) is 65.7 Å². The summed E-state index contributed by atoms with van der Waals surface area (Å²) in [7, 11) is 1.38. The van der Waals surface area contributed by atoms with E-state index in [-0.39, 0.29) is 11.1 Å². The highest BCUT2D eigenvalue weighted by Crippen LogP contribution is 2.33. The van der Waals surface area contributed by atoms with Crippen LogP contribution < -0.4 is 20.7 Å². The van der Waals surface area contributed by atoms with Crippen molar-refractivity contribution in [2.75, 3.05) is 20.3 Å². The van der Waals surface area contributed by atoms with E-state index in [1.807, 2.05) is 0 Å². The first-order chi connectivity index (χ1) is 20.5. The van der Waals surface area contributed by atoms with E-state index in [9.17, 15) is 51.3 Å². The maximum atomic E-state index is 14.8. The summed E-state index contributed by atoms with van der Waals surface area (Å²) < 4.78 is 72.0. The van der Waals surface area contributed by atoms with Gasteiger partial charge in [0.05, 0.1) is 13.7 Å². The maximum absolute atomic E-state index is 14.8. The third-order valence-electron chi connectivity index (χ3n) is 6.72. The number of ketones is 1. The smallest absolute Gasteiger partial charge is 0.405 e. The van der Waals surface area contributed by atoms with Crippen molar-refractivity contribution < 1.29 is 56.1 Å². The summed E-state index contributed by atoms with van der Waals surface area (Å²) in [5.74, 6) is -11.9. The number of Topliss-reactive ketones (excluding diaryl/α,β-unsaturated/α-hetero) is 1. The van der Waals surface area contributed by atoms with Gasteiger partial charge in [0.2, 0.25) is 5.91 Å². The molecule has 0 saturated carbocycles. The highest BCUT2D eigenvalue weighted by molar-refractivity contribution is 5.98. The van der Waals surface area contributed by atoms with Gasteiger partial charge in [-0.1, -0.05) is 44.2 Å². The fraction of sp³-hybridized carbons (Fsp3) is 0.448. The molecule has 0 aliphatic carbocycles. The Balaban J connectivity index is 2.33. The molecule has 0 spiro atoms. The second-order valence-corrected chi connectivity index (χ2v) is 10.2. The van der Waals surface area contributed by atoms with Crippen molar-refractivity contribution in [1.29, 1.82) is 0 Å². The van der Waals surface area contributed by atoms with E-state index in [0.717, 1.165) is 5.32 Å². The van der Waals surface area contributed by atoms with E-state index in [1.165, 1.54) is 57.4 Å². The van der Waals surface area contributed by atoms with Crippen molar-refractivity contribution in [3.63, 3.8) is 0 Å². The SMILES string of the molecule is COc1ccc([C@H](NC(=O)[C@H](CO)NC(=O)c2ccccc2)C(=O)C[C@@H](C(C)C)[C@@H](O)C(F)(F)C(=O)NCC(F)(F)F)cc1. The average Bonchev–Trinajstić information content (AvgIpc) is 2.99. The van der Waals surface area contributed by atoms with Crippen LogP contribution in [0.2, 0.25) is 0 Å². The molecule has 10 nitrogen and oxygen atoms in total. The molecule has 0 aromatic heterocycles. The van der Waals surface area contributed by atoms with Crippen LogP contribution in [0.3, 0.4) is 0 Å². The summed E-state index contributed by atoms with van der Waals surface area (Å²) in [6.07, 6.45) is -8.71. The Bertz CT molecular complexity index is 1270. The van der Waals surface area contributed by atoms with Crippen molar-refractivity contribution in [3.8, 4) is 5.75 Å². The molecule has 15 heteroatoms. The number of aliphatic hydroxyl groups excluding tert-OH is 2. The van der Waals surface area contributed by atoms with Crippen molar-refractivity contribution >= 4 is 23.5 Å². The zero-order valence-electron chi connectivity index (χ0n) is 24.0. The third kappa shape index (κ3) is 9.98. The summed E-state index contributed by atoms with van der Waals surface area (Å²) in [5, 5.41) is 26.0. The van der Waals surface area contributed by atoms with Crippen LogP contribution in [0.1, 0.15) is 42.2 Å². The van der Waals surface area contributed by atoms with Gasteiger partial charge in [0.15, 0.2) is 5.78 Å². The zero-order chi connectivity index (χ0) is 33.2. The second kappa shape index (κ2) is 15.6. The number of ether oxygens (including phenoxy) is 1. The molecule has 0 fully saturated rings. The Hall–Kier alpha value is -4.11. The van der Waals surface area contributed by atoms with Crippen LogP contribution in [-0.4, -0.2) is 78.2 Å². The molecule has 5 N–H and O–H groups in total. The van der Waals surface area contributed by atoms with E-state index in [1.54, 1.807) is 18.2 Å². The van der Waals surface area contributed by atoms with Gasteiger partial charge in [-0.25, -0.2) is 0 Å². The van der Waals surface area contributed by atoms with Gasteiger partial charge in [0, 0.05) is 17.9 Å². The lowest BCUT2D eigenvalue weighted by atomic mass is 9.81. The number of carbonyl (C=O) groups is 4. The van der Waals surface area contributed by atoms with E-state index >= 15 is 0 Å². The average molecular weight is 632 g/mol. The first kappa shape index (κ1) is 36.1. The normalized spacial score (nSPS) is 14.6. The summed E-state index contributed by atoms with van der Waals surface area (Å²) >= 11 is 0. The molecule has 0 aliphatic rings. The predicted octanol–water partition coefficient (Wildman–Crippen LogP) is 2.55. The molecular formula is C29H34F5N3O7. The van der Waals surface area contributed by atoms with Gasteiger partial charge in [-0.15, -0.1) is 0 Å². The van der Waals surface area contributed by atoms with Gasteiger partial charge >= 0.3 is 12.1 Å². The van der Waals surface area contributed by atoms with Gasteiger partial charge in [-0.3, -0.25) is 19.2 Å². The number of methoxy groups -OCH3 is 1. The highest BCUT2D eigenvalue weighted by atomic mass is 19.4. The second-order valence-electron chi connectivity index (χ2n) is 10.2. The van der Waals surface area contributed by atoms with Crippen LogP contribution in [0, 0.1) is 11.8 Å². The van der Waals surface area contributed by atoms with Crippen LogP contribution >= 0.6 is 0 Å². The van der Waals surface area contributed by atoms with E-state index in [2.05, 4.69) is 10.6 Å². The number of rotatable bonds is 15. The minimum Gasteiger partial charge on any atom is -0.497 e. The van der Waals surface area contributed by atoms with Crippen LogP contribution in [0.5, 0.6) is 5.75 Å². The molecule has 0 saturated heterocycles. The van der Waals surface area contributed by atoms with Gasteiger partial charge in [-0.05, 0) is 35.7 Å². The summed E-state index contributed by atoms with van der Waals surface area (Å²) in [6, 6.07) is 10.3. The molecule has 0 bridgehead atoms. The summed E-state index contributed by atoms with van der Waals surface area (Å²) in [5.41, 5.74) is 0.317. The van der Waals surface area contributed by atoms with Crippen LogP contribution in [0.15, 0.2) is 54.6 Å². The number of carbonyl (C=O) groups excluding carboxylic acids is 4. The van der Waals surface area contributed by atoms with Gasteiger partial charge in [0.1, 0.15) is 30.5 Å². The molecule has 4 atom stereocenters. The fourth-order valence-electron chi connectivity index (χ4n) is 4.18. The zero-order valence-corrected chi connectivity index (χ0v) is 24.0. The molecule has 0 aliphatic heterocycles. The minimum absolute atomic E-state index is 0.141. The van der Waals surface area contributed by atoms with Crippen molar-refractivity contribution in [1.82, 2.24) is 16.0 Å². The number of alkyl halides is 5. The van der Waals surface area contributed by atoms with Crippen LogP contribution in [-0.2, 0) is 14.4 Å². The largest absolute Gasteiger partial charge is 0.497 e. The van der Waals surface area contributed by atoms with E-state index < -0.39 is 85.2 Å². The summed E-state index contributed by atoms with van der Waals surface area (Å²) in [6.45, 7) is -0.224. The Kier molecular flexibility index (Phi) is 12.8. The van der Waals surface area contributed by atoms with E-state index in [4.69, 9.17) is 4.74 Å². The molecule has 2 aromatic carbocycles. The highest BCUT2D eigenvalue weighted by Gasteiger charge is 2.52. The van der Waals surface area contributed by atoms with Gasteiger partial charge in [0.25, 0.3) is 11.8 Å². The standard InChI is InChI=1S/C29H34F5N3O7/c1-16(2)20(24(40)29(33,34)27(43)35-15-28(30,31)32)13-22(39)23(17-9-11-19(44-3)12-10-17)37-26(42)21(14-38)36-25(41)18-7-5-4-6-8-18/h4-12,16,20-21,23-24,38,40H,13-15H2,1-3H3,(H,35,43)(H,36,41)(H,37,42)/t20-,21-,23-,24+/m0/s1. The number of hydrogen-bond donors (Lipinski definition) is 5. The topological polar surface area (TPSA) is 154 Å². The number of halogens is 5. The monoisotopic (exact) mass is 631 g/mol. The summed E-state index contributed by atoms with van der Waals surface area (Å²) in [4.78, 5) is 51.1. The first-order valence-electron chi connectivity index (χ1n) is 13.4. The van der Waals surface area contributed by atoms with Gasteiger partial charge in [-0.2, -0.15) is 22.0 Å². The Labute approximate surface area is 250 Å². The molecule has 3 amide bonds. The number of amides is 3. The maximum Gasteiger partial charge on any atom is 0.405 e. The Morgan fingerprint density at radius 1 is 0.909 bits per heavy atom. The predicted molar refractivity (Wildman–Crippen MR) is 147 cm³/mol. The molecular weight excluding hydrogens is 597 g/mol. The van der Waals surface area contributed by atoms with Crippen LogP contribution in [0.4, 0.5) is 22.0 Å². The molecule has 0 unspecified atom stereocenters. The number of hydrogen-bond acceptors (Lipinski definition) is 7. The first-order valence-corrected chi connectivity index (χ1v) is 13.4. The molecule has 44 heavy (non-hydrogen) atoms. The van der Waals surface area contributed by atoms with Crippen molar-refractivity contribution in [2.45, 2.75) is 50.6 Å². The molecule has 0 heterocycles. The van der Waals surface area contributed by atoms with E-state index in [0.29, 0.717) is 5.75 Å². The molecule has 242 valence electrons.